The molecule has 1 atom stereocenters. The zero-order chi connectivity index (χ0) is 14.5. The van der Waals surface area contributed by atoms with E-state index < -0.39 is 0 Å². The first-order chi connectivity index (χ1) is 8.96. The van der Waals surface area contributed by atoms with Crippen LogP contribution in [0.2, 0.25) is 0 Å². The van der Waals surface area contributed by atoms with Gasteiger partial charge < -0.3 is 10.6 Å². The van der Waals surface area contributed by atoms with Crippen molar-refractivity contribution in [2.75, 3.05) is 32.7 Å². The van der Waals surface area contributed by atoms with Crippen molar-refractivity contribution in [3.63, 3.8) is 0 Å². The molecule has 1 aliphatic rings. The molecule has 0 aromatic rings. The van der Waals surface area contributed by atoms with Gasteiger partial charge in [-0.05, 0) is 12.8 Å². The van der Waals surface area contributed by atoms with Gasteiger partial charge in [0, 0.05) is 44.2 Å². The fourth-order valence-corrected chi connectivity index (χ4v) is 2.65. The predicted molar refractivity (Wildman–Crippen MR) is 80.0 cm³/mol. The number of hydrogen-bond acceptors (Lipinski definition) is 3. The fraction of sp³-hybridized carbons (Fsp3) is 0.933. The summed E-state index contributed by atoms with van der Waals surface area (Å²) in [7, 11) is 0. The van der Waals surface area contributed by atoms with Crippen LogP contribution in [0.4, 0.5) is 0 Å². The van der Waals surface area contributed by atoms with E-state index in [4.69, 9.17) is 5.73 Å². The van der Waals surface area contributed by atoms with Crippen molar-refractivity contribution < 1.29 is 4.79 Å². The number of nitrogens with zero attached hydrogens (tertiary/aromatic N) is 2. The molecule has 1 rings (SSSR count). The van der Waals surface area contributed by atoms with Gasteiger partial charge in [0.15, 0.2) is 0 Å². The first-order valence-corrected chi connectivity index (χ1v) is 7.69. The van der Waals surface area contributed by atoms with Crippen LogP contribution < -0.4 is 5.73 Å². The molecule has 19 heavy (non-hydrogen) atoms. The lowest BCUT2D eigenvalue weighted by Crippen LogP contribution is -2.55. The van der Waals surface area contributed by atoms with Crippen LogP contribution in [0.25, 0.3) is 0 Å². The topological polar surface area (TPSA) is 49.6 Å². The highest BCUT2D eigenvalue weighted by Gasteiger charge is 2.32. The van der Waals surface area contributed by atoms with Crippen LogP contribution in [0.15, 0.2) is 0 Å². The van der Waals surface area contributed by atoms with E-state index in [1.807, 2.05) is 18.7 Å². The van der Waals surface area contributed by atoms with Gasteiger partial charge in [-0.1, -0.05) is 34.1 Å². The van der Waals surface area contributed by atoms with Gasteiger partial charge in [0.2, 0.25) is 5.91 Å². The summed E-state index contributed by atoms with van der Waals surface area (Å²) in [6.07, 6.45) is 3.22. The molecule has 0 aliphatic carbocycles. The lowest BCUT2D eigenvalue weighted by molar-refractivity contribution is -0.142. The van der Waals surface area contributed by atoms with E-state index in [9.17, 15) is 4.79 Å². The molecule has 4 nitrogen and oxygen atoms in total. The Morgan fingerprint density at radius 2 is 1.79 bits per heavy atom. The highest BCUT2D eigenvalue weighted by molar-refractivity contribution is 5.82. The van der Waals surface area contributed by atoms with Crippen molar-refractivity contribution >= 4 is 5.91 Å². The van der Waals surface area contributed by atoms with E-state index in [2.05, 4.69) is 18.7 Å². The number of piperazine rings is 1. The summed E-state index contributed by atoms with van der Waals surface area (Å²) in [6, 6.07) is 0.487. The van der Waals surface area contributed by atoms with Crippen molar-refractivity contribution in [2.45, 2.75) is 53.0 Å². The summed E-state index contributed by atoms with van der Waals surface area (Å²) in [5.41, 5.74) is 5.63. The highest BCUT2D eigenvalue weighted by atomic mass is 16.2. The number of carbonyl (C=O) groups excluding carboxylic acids is 1. The lowest BCUT2D eigenvalue weighted by atomic mass is 9.88. The molecule has 4 heteroatoms. The third-order valence-corrected chi connectivity index (χ3v) is 4.47. The number of amides is 1. The summed E-state index contributed by atoms with van der Waals surface area (Å²) in [6.45, 7) is 12.7. The third-order valence-electron chi connectivity index (χ3n) is 4.47. The zero-order valence-electron chi connectivity index (χ0n) is 13.1. The molecule has 0 saturated carbocycles. The van der Waals surface area contributed by atoms with Crippen LogP contribution in [-0.4, -0.2) is 54.5 Å². The molecule has 1 amide bonds. The average Bonchev–Trinajstić information content (AvgIpc) is 2.44. The molecular formula is C15H31N3O. The Kier molecular flexibility index (Phi) is 6.27. The second kappa shape index (κ2) is 7.25. The Morgan fingerprint density at radius 1 is 1.21 bits per heavy atom. The second-order valence-electron chi connectivity index (χ2n) is 6.24. The van der Waals surface area contributed by atoms with Crippen LogP contribution in [0, 0.1) is 5.41 Å². The van der Waals surface area contributed by atoms with Gasteiger partial charge in [-0.15, -0.1) is 0 Å². The van der Waals surface area contributed by atoms with E-state index in [-0.39, 0.29) is 5.41 Å². The van der Waals surface area contributed by atoms with Gasteiger partial charge in [-0.2, -0.15) is 0 Å². The average molecular weight is 269 g/mol. The molecule has 2 N–H and O–H groups in total. The quantitative estimate of drug-likeness (QED) is 0.798. The second-order valence-corrected chi connectivity index (χ2v) is 6.24. The maximum absolute atomic E-state index is 12.4. The number of rotatable bonds is 6. The Bertz CT molecular complexity index is 283. The smallest absolute Gasteiger partial charge is 0.228 e. The van der Waals surface area contributed by atoms with Gasteiger partial charge in [-0.3, -0.25) is 9.69 Å². The Morgan fingerprint density at radius 3 is 2.21 bits per heavy atom. The SMILES string of the molecule is CCCC(CN)N1CCN(C(=O)C(C)(C)CC)CC1. The van der Waals surface area contributed by atoms with Gasteiger partial charge in [0.25, 0.3) is 0 Å². The van der Waals surface area contributed by atoms with Crippen LogP contribution in [0.1, 0.15) is 47.0 Å². The summed E-state index contributed by atoms with van der Waals surface area (Å²) >= 11 is 0. The summed E-state index contributed by atoms with van der Waals surface area (Å²) < 4.78 is 0. The van der Waals surface area contributed by atoms with E-state index in [1.54, 1.807) is 0 Å². The first-order valence-electron chi connectivity index (χ1n) is 7.69. The summed E-state index contributed by atoms with van der Waals surface area (Å²) in [4.78, 5) is 16.9. The maximum Gasteiger partial charge on any atom is 0.228 e. The standard InChI is InChI=1S/C15H31N3O/c1-5-7-13(12-16)17-8-10-18(11-9-17)14(19)15(3,4)6-2/h13H,5-12,16H2,1-4H3. The molecule has 1 aliphatic heterocycles. The molecule has 1 fully saturated rings. The third kappa shape index (κ3) is 4.18. The largest absolute Gasteiger partial charge is 0.340 e. The molecular weight excluding hydrogens is 238 g/mol. The van der Waals surface area contributed by atoms with Crippen molar-refractivity contribution in [3.05, 3.63) is 0 Å². The zero-order valence-corrected chi connectivity index (χ0v) is 13.1. The molecule has 0 bridgehead atoms. The van der Waals surface area contributed by atoms with Gasteiger partial charge in [-0.25, -0.2) is 0 Å². The predicted octanol–water partition coefficient (Wildman–Crippen LogP) is 1.69. The van der Waals surface area contributed by atoms with Crippen LogP contribution >= 0.6 is 0 Å². The first kappa shape index (κ1) is 16.4. The van der Waals surface area contributed by atoms with E-state index in [1.165, 1.54) is 6.42 Å². The van der Waals surface area contributed by atoms with Crippen LogP contribution in [0.3, 0.4) is 0 Å². The normalized spacial score (nSPS) is 19.5. The van der Waals surface area contributed by atoms with Gasteiger partial charge >= 0.3 is 0 Å². The number of nitrogens with two attached hydrogens (primary N) is 1. The monoisotopic (exact) mass is 269 g/mol. The molecule has 1 unspecified atom stereocenters. The molecule has 0 aromatic heterocycles. The van der Waals surface area contributed by atoms with Crippen molar-refractivity contribution in [1.29, 1.82) is 0 Å². The Labute approximate surface area is 118 Å². The minimum Gasteiger partial charge on any atom is -0.340 e. The molecule has 1 heterocycles. The minimum absolute atomic E-state index is 0.223. The van der Waals surface area contributed by atoms with E-state index >= 15 is 0 Å². The Hall–Kier alpha value is -0.610. The molecule has 112 valence electrons. The summed E-state index contributed by atoms with van der Waals surface area (Å²) in [5.74, 6) is 0.300. The van der Waals surface area contributed by atoms with Crippen LogP contribution in [0.5, 0.6) is 0 Å². The van der Waals surface area contributed by atoms with E-state index in [0.29, 0.717) is 11.9 Å². The van der Waals surface area contributed by atoms with E-state index in [0.717, 1.165) is 45.6 Å². The minimum atomic E-state index is -0.223. The van der Waals surface area contributed by atoms with Crippen LogP contribution in [-0.2, 0) is 4.79 Å². The van der Waals surface area contributed by atoms with Gasteiger partial charge in [0.05, 0.1) is 0 Å². The highest BCUT2D eigenvalue weighted by Crippen LogP contribution is 2.24. The fourth-order valence-electron chi connectivity index (χ4n) is 2.65. The van der Waals surface area contributed by atoms with Gasteiger partial charge in [0.1, 0.15) is 0 Å². The Balaban J connectivity index is 2.51. The van der Waals surface area contributed by atoms with Crippen molar-refractivity contribution in [1.82, 2.24) is 9.80 Å². The number of hydrogen-bond donors (Lipinski definition) is 1. The molecule has 0 radical (unpaired) electrons. The lowest BCUT2D eigenvalue weighted by Gasteiger charge is -2.41. The number of carbonyl (C=O) groups is 1. The summed E-state index contributed by atoms with van der Waals surface area (Å²) in [5, 5.41) is 0. The molecule has 0 spiro atoms. The van der Waals surface area contributed by atoms with Crippen molar-refractivity contribution in [2.24, 2.45) is 11.1 Å². The maximum atomic E-state index is 12.4. The van der Waals surface area contributed by atoms with Crippen molar-refractivity contribution in [3.8, 4) is 0 Å². The molecule has 0 aromatic carbocycles. The molecule has 1 saturated heterocycles.